The minimum Gasteiger partial charge on any atom is -0.457 e. The molecule has 0 aliphatic heterocycles. The van der Waals surface area contributed by atoms with Gasteiger partial charge in [-0.25, -0.2) is 4.79 Å². The fraction of sp³-hybridized carbons (Fsp3) is 0.286. The maximum Gasteiger partial charge on any atom is 0.331 e. The van der Waals surface area contributed by atoms with Gasteiger partial charge in [0.25, 0.3) is 0 Å². The first-order chi connectivity index (χ1) is 7.90. The third-order valence-corrected chi connectivity index (χ3v) is 1.89. The molecule has 1 aromatic carbocycles. The van der Waals surface area contributed by atoms with Crippen LogP contribution in [0.3, 0.4) is 0 Å². The zero-order valence-corrected chi connectivity index (χ0v) is 10.3. The van der Waals surface area contributed by atoms with Crippen molar-refractivity contribution < 1.29 is 14.3 Å². The molecule has 3 heteroatoms. The van der Waals surface area contributed by atoms with E-state index in [4.69, 9.17) is 4.74 Å². The molecule has 0 aliphatic carbocycles. The average Bonchev–Trinajstić information content (AvgIpc) is 2.25. The summed E-state index contributed by atoms with van der Waals surface area (Å²) in [6.45, 7) is 5.45. The van der Waals surface area contributed by atoms with Crippen molar-refractivity contribution in [2.75, 3.05) is 0 Å². The van der Waals surface area contributed by atoms with Crippen LogP contribution in [-0.2, 0) is 9.53 Å². The number of carbonyl (C=O) groups is 2. The van der Waals surface area contributed by atoms with Crippen LogP contribution < -0.4 is 0 Å². The number of aldehydes is 1. The monoisotopic (exact) mass is 232 g/mol. The van der Waals surface area contributed by atoms with Crippen LogP contribution in [-0.4, -0.2) is 17.9 Å². The molecule has 0 radical (unpaired) electrons. The highest BCUT2D eigenvalue weighted by Gasteiger charge is 2.13. The van der Waals surface area contributed by atoms with E-state index >= 15 is 0 Å². The van der Waals surface area contributed by atoms with Crippen LogP contribution in [0.25, 0.3) is 6.08 Å². The Labute approximate surface area is 101 Å². The van der Waals surface area contributed by atoms with E-state index in [1.54, 1.807) is 30.3 Å². The van der Waals surface area contributed by atoms with Gasteiger partial charge in [0, 0.05) is 11.6 Å². The van der Waals surface area contributed by atoms with Gasteiger partial charge < -0.3 is 4.74 Å². The number of ether oxygens (including phenoxy) is 1. The van der Waals surface area contributed by atoms with Crippen LogP contribution in [0.5, 0.6) is 0 Å². The number of benzene rings is 1. The number of hydrogen-bond donors (Lipinski definition) is 0. The molecule has 0 aromatic heterocycles. The summed E-state index contributed by atoms with van der Waals surface area (Å²) in [6.07, 6.45) is 3.81. The molecule has 0 heterocycles. The van der Waals surface area contributed by atoms with Crippen molar-refractivity contribution in [1.82, 2.24) is 0 Å². The Morgan fingerprint density at radius 2 is 1.65 bits per heavy atom. The Morgan fingerprint density at radius 1 is 1.12 bits per heavy atom. The van der Waals surface area contributed by atoms with E-state index in [0.717, 1.165) is 11.8 Å². The van der Waals surface area contributed by atoms with E-state index in [9.17, 15) is 9.59 Å². The smallest absolute Gasteiger partial charge is 0.331 e. The molecular weight excluding hydrogens is 216 g/mol. The topological polar surface area (TPSA) is 43.4 Å². The summed E-state index contributed by atoms with van der Waals surface area (Å²) in [5.74, 6) is -0.378. The standard InChI is InChI=1S/C14H16O3/c1-14(2,3)17-13(16)9-8-11-4-6-12(10-15)7-5-11/h4-10H,1-3H3. The highest BCUT2D eigenvalue weighted by molar-refractivity contribution is 5.87. The minimum atomic E-state index is -0.483. The summed E-state index contributed by atoms with van der Waals surface area (Å²) in [6, 6.07) is 6.93. The lowest BCUT2D eigenvalue weighted by molar-refractivity contribution is -0.148. The first kappa shape index (κ1) is 13.2. The first-order valence-corrected chi connectivity index (χ1v) is 5.37. The molecular formula is C14H16O3. The Kier molecular flexibility index (Phi) is 4.21. The second kappa shape index (κ2) is 5.43. The van der Waals surface area contributed by atoms with Crippen molar-refractivity contribution >= 4 is 18.3 Å². The van der Waals surface area contributed by atoms with Gasteiger partial charge >= 0.3 is 5.97 Å². The lowest BCUT2D eigenvalue weighted by atomic mass is 10.1. The molecule has 0 amide bonds. The predicted octanol–water partition coefficient (Wildman–Crippen LogP) is 2.85. The van der Waals surface area contributed by atoms with E-state index in [1.165, 1.54) is 6.08 Å². The van der Waals surface area contributed by atoms with Gasteiger partial charge in [0.15, 0.2) is 0 Å². The molecule has 0 unspecified atom stereocenters. The molecule has 0 aliphatic rings. The number of esters is 1. The lowest BCUT2D eigenvalue weighted by Gasteiger charge is -2.17. The molecule has 1 aromatic rings. The molecule has 17 heavy (non-hydrogen) atoms. The molecule has 0 N–H and O–H groups in total. The van der Waals surface area contributed by atoms with Gasteiger partial charge in [0.1, 0.15) is 11.9 Å². The van der Waals surface area contributed by atoms with Crippen LogP contribution in [0.15, 0.2) is 30.3 Å². The van der Waals surface area contributed by atoms with E-state index < -0.39 is 5.60 Å². The SMILES string of the molecule is CC(C)(C)OC(=O)C=Cc1ccc(C=O)cc1. The molecule has 3 nitrogen and oxygen atoms in total. The molecule has 0 atom stereocenters. The molecule has 1 rings (SSSR count). The summed E-state index contributed by atoms with van der Waals surface area (Å²) in [5, 5.41) is 0. The highest BCUT2D eigenvalue weighted by Crippen LogP contribution is 2.09. The molecule has 0 bridgehead atoms. The van der Waals surface area contributed by atoms with Crippen LogP contribution in [0.4, 0.5) is 0 Å². The van der Waals surface area contributed by atoms with Crippen molar-refractivity contribution in [2.24, 2.45) is 0 Å². The van der Waals surface area contributed by atoms with Gasteiger partial charge in [0.05, 0.1) is 0 Å². The van der Waals surface area contributed by atoms with E-state index in [0.29, 0.717) is 5.56 Å². The van der Waals surface area contributed by atoms with Crippen molar-refractivity contribution in [3.05, 3.63) is 41.5 Å². The Hall–Kier alpha value is -1.90. The first-order valence-electron chi connectivity index (χ1n) is 5.37. The zero-order chi connectivity index (χ0) is 12.9. The zero-order valence-electron chi connectivity index (χ0n) is 10.3. The number of hydrogen-bond acceptors (Lipinski definition) is 3. The second-order valence-electron chi connectivity index (χ2n) is 4.65. The normalized spacial score (nSPS) is 11.5. The van der Waals surface area contributed by atoms with Gasteiger partial charge in [-0.3, -0.25) is 4.79 Å². The van der Waals surface area contributed by atoms with Gasteiger partial charge in [-0.05, 0) is 32.4 Å². The summed E-state index contributed by atoms with van der Waals surface area (Å²) in [4.78, 5) is 21.8. The fourth-order valence-corrected chi connectivity index (χ4v) is 1.19. The summed E-state index contributed by atoms with van der Waals surface area (Å²) >= 11 is 0. The third kappa shape index (κ3) is 5.11. The lowest BCUT2D eigenvalue weighted by Crippen LogP contribution is -2.22. The third-order valence-electron chi connectivity index (χ3n) is 1.89. The summed E-state index contributed by atoms with van der Waals surface area (Å²) in [7, 11) is 0. The van der Waals surface area contributed by atoms with E-state index in [2.05, 4.69) is 0 Å². The largest absolute Gasteiger partial charge is 0.457 e. The second-order valence-corrected chi connectivity index (χ2v) is 4.65. The molecule has 0 saturated heterocycles. The minimum absolute atomic E-state index is 0.378. The number of rotatable bonds is 3. The van der Waals surface area contributed by atoms with Gasteiger partial charge in [-0.1, -0.05) is 24.3 Å². The molecule has 0 spiro atoms. The maximum absolute atomic E-state index is 11.4. The summed E-state index contributed by atoms with van der Waals surface area (Å²) in [5.41, 5.74) is 0.976. The van der Waals surface area contributed by atoms with Crippen LogP contribution >= 0.6 is 0 Å². The molecule has 0 saturated carbocycles. The van der Waals surface area contributed by atoms with E-state index in [1.807, 2.05) is 20.8 Å². The van der Waals surface area contributed by atoms with Gasteiger partial charge in [-0.15, -0.1) is 0 Å². The van der Waals surface area contributed by atoms with Crippen molar-refractivity contribution in [2.45, 2.75) is 26.4 Å². The average molecular weight is 232 g/mol. The summed E-state index contributed by atoms with van der Waals surface area (Å²) < 4.78 is 5.12. The van der Waals surface area contributed by atoms with Gasteiger partial charge in [0.2, 0.25) is 0 Å². The quantitative estimate of drug-likeness (QED) is 0.457. The van der Waals surface area contributed by atoms with E-state index in [-0.39, 0.29) is 5.97 Å². The highest BCUT2D eigenvalue weighted by atomic mass is 16.6. The molecule has 90 valence electrons. The number of carbonyl (C=O) groups excluding carboxylic acids is 2. The Balaban J connectivity index is 2.64. The fourth-order valence-electron chi connectivity index (χ4n) is 1.19. The Bertz CT molecular complexity index is 422. The molecule has 0 fully saturated rings. The Morgan fingerprint density at radius 3 is 2.12 bits per heavy atom. The van der Waals surface area contributed by atoms with Crippen molar-refractivity contribution in [3.63, 3.8) is 0 Å². The van der Waals surface area contributed by atoms with Crippen LogP contribution in [0.2, 0.25) is 0 Å². The predicted molar refractivity (Wildman–Crippen MR) is 66.7 cm³/mol. The van der Waals surface area contributed by atoms with Gasteiger partial charge in [-0.2, -0.15) is 0 Å². The maximum atomic E-state index is 11.4. The van der Waals surface area contributed by atoms with Crippen LogP contribution in [0.1, 0.15) is 36.7 Å². The van der Waals surface area contributed by atoms with Crippen molar-refractivity contribution in [3.8, 4) is 0 Å². The van der Waals surface area contributed by atoms with Crippen molar-refractivity contribution in [1.29, 1.82) is 0 Å². The van der Waals surface area contributed by atoms with Crippen LogP contribution in [0, 0.1) is 0 Å².